The average Bonchev–Trinajstić information content (AvgIpc) is 2.98. The van der Waals surface area contributed by atoms with E-state index in [2.05, 4.69) is 17.0 Å². The third-order valence-electron chi connectivity index (χ3n) is 3.86. The minimum atomic E-state index is -0.865. The van der Waals surface area contributed by atoms with Crippen LogP contribution in [0.4, 0.5) is 5.69 Å². The van der Waals surface area contributed by atoms with Crippen LogP contribution in [-0.2, 0) is 0 Å². The summed E-state index contributed by atoms with van der Waals surface area (Å²) >= 11 is 0. The van der Waals surface area contributed by atoms with E-state index >= 15 is 0 Å². The average molecular weight is 267 g/mol. The van der Waals surface area contributed by atoms with E-state index in [-0.39, 0.29) is 6.04 Å². The van der Waals surface area contributed by atoms with Crippen molar-refractivity contribution in [2.45, 2.75) is 18.9 Å². The van der Waals surface area contributed by atoms with Crippen molar-refractivity contribution in [1.29, 1.82) is 0 Å². The predicted octanol–water partition coefficient (Wildman–Crippen LogP) is 3.73. The number of hydrogen-bond donors (Lipinski definition) is 1. The summed E-state index contributed by atoms with van der Waals surface area (Å²) in [4.78, 5) is 13.5. The third-order valence-corrected chi connectivity index (χ3v) is 3.86. The highest BCUT2D eigenvalue weighted by Crippen LogP contribution is 2.36. The van der Waals surface area contributed by atoms with Crippen LogP contribution >= 0.6 is 0 Å². The first-order valence-corrected chi connectivity index (χ1v) is 6.90. The minimum Gasteiger partial charge on any atom is -0.478 e. The molecule has 3 nitrogen and oxygen atoms in total. The highest BCUT2D eigenvalue weighted by atomic mass is 16.4. The molecule has 102 valence electrons. The Morgan fingerprint density at radius 1 is 1.10 bits per heavy atom. The number of para-hydroxylation sites is 1. The van der Waals surface area contributed by atoms with Gasteiger partial charge in [0.05, 0.1) is 11.6 Å². The molecule has 0 bridgehead atoms. The molecule has 1 saturated heterocycles. The fourth-order valence-corrected chi connectivity index (χ4v) is 2.92. The van der Waals surface area contributed by atoms with Gasteiger partial charge in [0.1, 0.15) is 0 Å². The van der Waals surface area contributed by atoms with E-state index in [1.807, 2.05) is 30.3 Å². The molecule has 1 unspecified atom stereocenters. The van der Waals surface area contributed by atoms with E-state index in [0.29, 0.717) is 5.56 Å². The van der Waals surface area contributed by atoms with Gasteiger partial charge in [-0.1, -0.05) is 30.3 Å². The summed E-state index contributed by atoms with van der Waals surface area (Å²) in [6, 6.07) is 17.9. The molecule has 1 aliphatic rings. The molecule has 2 aromatic rings. The maximum Gasteiger partial charge on any atom is 0.335 e. The second-order valence-corrected chi connectivity index (χ2v) is 5.12. The molecule has 0 radical (unpaired) electrons. The molecular weight excluding hydrogens is 250 g/mol. The number of hydrogen-bond acceptors (Lipinski definition) is 2. The van der Waals surface area contributed by atoms with Crippen LogP contribution in [0.2, 0.25) is 0 Å². The van der Waals surface area contributed by atoms with Gasteiger partial charge in [-0.2, -0.15) is 0 Å². The van der Waals surface area contributed by atoms with Crippen LogP contribution < -0.4 is 4.90 Å². The topological polar surface area (TPSA) is 40.5 Å². The zero-order valence-electron chi connectivity index (χ0n) is 11.2. The van der Waals surface area contributed by atoms with Gasteiger partial charge in [-0.05, 0) is 42.7 Å². The van der Waals surface area contributed by atoms with Crippen molar-refractivity contribution in [3.8, 4) is 0 Å². The summed E-state index contributed by atoms with van der Waals surface area (Å²) < 4.78 is 0. The van der Waals surface area contributed by atoms with Gasteiger partial charge in [0.25, 0.3) is 0 Å². The summed E-state index contributed by atoms with van der Waals surface area (Å²) in [6.45, 7) is 1.02. The number of rotatable bonds is 3. The molecule has 3 heteroatoms. The molecule has 0 amide bonds. The molecule has 1 aliphatic heterocycles. The quantitative estimate of drug-likeness (QED) is 0.921. The summed E-state index contributed by atoms with van der Waals surface area (Å²) in [5.41, 5.74) is 2.66. The van der Waals surface area contributed by atoms with Crippen molar-refractivity contribution >= 4 is 11.7 Å². The summed E-state index contributed by atoms with van der Waals surface area (Å²) in [5.74, 6) is -0.865. The van der Waals surface area contributed by atoms with Crippen molar-refractivity contribution in [1.82, 2.24) is 0 Å². The number of carboxylic acids is 1. The minimum absolute atomic E-state index is 0.275. The number of anilines is 1. The van der Waals surface area contributed by atoms with Crippen LogP contribution in [0.5, 0.6) is 0 Å². The van der Waals surface area contributed by atoms with Gasteiger partial charge in [-0.25, -0.2) is 4.79 Å². The molecule has 0 aliphatic carbocycles. The van der Waals surface area contributed by atoms with Crippen LogP contribution in [0.3, 0.4) is 0 Å². The molecule has 3 rings (SSSR count). The van der Waals surface area contributed by atoms with Crippen LogP contribution in [0, 0.1) is 0 Å². The van der Waals surface area contributed by atoms with E-state index in [1.54, 1.807) is 12.1 Å². The SMILES string of the molecule is O=C(O)c1cccc(C2CCCN2c2ccccc2)c1. The number of nitrogens with zero attached hydrogens (tertiary/aromatic N) is 1. The Labute approximate surface area is 118 Å². The highest BCUT2D eigenvalue weighted by molar-refractivity contribution is 5.87. The first-order chi connectivity index (χ1) is 9.75. The maximum absolute atomic E-state index is 11.1. The van der Waals surface area contributed by atoms with Crippen LogP contribution in [-0.4, -0.2) is 17.6 Å². The second-order valence-electron chi connectivity index (χ2n) is 5.12. The van der Waals surface area contributed by atoms with Crippen molar-refractivity contribution in [2.24, 2.45) is 0 Å². The number of aromatic carboxylic acids is 1. The first kappa shape index (κ1) is 12.7. The zero-order chi connectivity index (χ0) is 13.9. The lowest BCUT2D eigenvalue weighted by atomic mass is 10.0. The largest absolute Gasteiger partial charge is 0.478 e. The van der Waals surface area contributed by atoms with E-state index in [1.165, 1.54) is 5.69 Å². The highest BCUT2D eigenvalue weighted by Gasteiger charge is 2.26. The fourth-order valence-electron chi connectivity index (χ4n) is 2.92. The van der Waals surface area contributed by atoms with Crippen LogP contribution in [0.25, 0.3) is 0 Å². The lowest BCUT2D eigenvalue weighted by Gasteiger charge is -2.27. The second kappa shape index (κ2) is 5.37. The molecule has 2 aromatic carbocycles. The lowest BCUT2D eigenvalue weighted by Crippen LogP contribution is -2.22. The summed E-state index contributed by atoms with van der Waals surface area (Å²) in [5, 5.41) is 9.12. The van der Waals surface area contributed by atoms with Gasteiger partial charge in [-0.3, -0.25) is 0 Å². The number of carbonyl (C=O) groups is 1. The van der Waals surface area contributed by atoms with Crippen molar-refractivity contribution in [2.75, 3.05) is 11.4 Å². The van der Waals surface area contributed by atoms with Crippen LogP contribution in [0.15, 0.2) is 54.6 Å². The number of benzene rings is 2. The van der Waals surface area contributed by atoms with Gasteiger partial charge in [0.15, 0.2) is 0 Å². The Kier molecular flexibility index (Phi) is 3.42. The molecule has 1 heterocycles. The number of carboxylic acid groups (broad SMARTS) is 1. The van der Waals surface area contributed by atoms with Crippen molar-refractivity contribution in [3.63, 3.8) is 0 Å². The normalized spacial score (nSPS) is 18.2. The lowest BCUT2D eigenvalue weighted by molar-refractivity contribution is 0.0696. The molecule has 0 spiro atoms. The van der Waals surface area contributed by atoms with Gasteiger partial charge >= 0.3 is 5.97 Å². The van der Waals surface area contributed by atoms with Gasteiger partial charge in [0.2, 0.25) is 0 Å². The van der Waals surface area contributed by atoms with Crippen LogP contribution in [0.1, 0.15) is 34.8 Å². The molecule has 20 heavy (non-hydrogen) atoms. The van der Waals surface area contributed by atoms with Crippen molar-refractivity contribution < 1.29 is 9.90 Å². The Bertz CT molecular complexity index is 609. The first-order valence-electron chi connectivity index (χ1n) is 6.90. The standard InChI is InChI=1S/C17H17NO2/c19-17(20)14-7-4-6-13(12-14)16-10-5-11-18(16)15-8-2-1-3-9-15/h1-4,6-9,12,16H,5,10-11H2,(H,19,20). The Morgan fingerprint density at radius 2 is 1.90 bits per heavy atom. The van der Waals surface area contributed by atoms with E-state index < -0.39 is 5.97 Å². The zero-order valence-corrected chi connectivity index (χ0v) is 11.2. The molecule has 0 saturated carbocycles. The fraction of sp³-hybridized carbons (Fsp3) is 0.235. The molecular formula is C17H17NO2. The summed E-state index contributed by atoms with van der Waals surface area (Å²) in [6.07, 6.45) is 2.20. The van der Waals surface area contributed by atoms with E-state index in [4.69, 9.17) is 5.11 Å². The van der Waals surface area contributed by atoms with Gasteiger partial charge < -0.3 is 10.0 Å². The smallest absolute Gasteiger partial charge is 0.335 e. The Hall–Kier alpha value is -2.29. The predicted molar refractivity (Wildman–Crippen MR) is 79.2 cm³/mol. The molecule has 0 aromatic heterocycles. The maximum atomic E-state index is 11.1. The van der Waals surface area contributed by atoms with Gasteiger partial charge in [-0.15, -0.1) is 0 Å². The molecule has 1 fully saturated rings. The van der Waals surface area contributed by atoms with E-state index in [9.17, 15) is 4.79 Å². The Balaban J connectivity index is 1.93. The summed E-state index contributed by atoms with van der Waals surface area (Å²) in [7, 11) is 0. The van der Waals surface area contributed by atoms with E-state index in [0.717, 1.165) is 24.9 Å². The monoisotopic (exact) mass is 267 g/mol. The molecule has 1 N–H and O–H groups in total. The Morgan fingerprint density at radius 3 is 2.65 bits per heavy atom. The van der Waals surface area contributed by atoms with Gasteiger partial charge in [0, 0.05) is 12.2 Å². The molecule has 1 atom stereocenters. The third kappa shape index (κ3) is 2.39. The van der Waals surface area contributed by atoms with Crippen molar-refractivity contribution in [3.05, 3.63) is 65.7 Å².